The van der Waals surface area contributed by atoms with Gasteiger partial charge < -0.3 is 20.3 Å². The molecule has 2 aliphatic rings. The fourth-order valence-electron chi connectivity index (χ4n) is 5.22. The van der Waals surface area contributed by atoms with E-state index < -0.39 is 17.9 Å². The van der Waals surface area contributed by atoms with E-state index in [-0.39, 0.29) is 5.91 Å². The van der Waals surface area contributed by atoms with Crippen LogP contribution in [0.25, 0.3) is 11.1 Å². The van der Waals surface area contributed by atoms with Crippen LogP contribution in [0.3, 0.4) is 0 Å². The third-order valence-corrected chi connectivity index (χ3v) is 7.28. The summed E-state index contributed by atoms with van der Waals surface area (Å²) in [5.41, 5.74) is 10.0. The number of hydrogen-bond donors (Lipinski definition) is 2. The second-order valence-corrected chi connectivity index (χ2v) is 9.62. The van der Waals surface area contributed by atoms with Gasteiger partial charge in [-0.1, -0.05) is 54.1 Å². The molecular weight excluding hydrogens is 504 g/mol. The molecule has 8 heteroatoms. The van der Waals surface area contributed by atoms with Crippen molar-refractivity contribution in [3.63, 3.8) is 0 Å². The van der Waals surface area contributed by atoms with E-state index in [1.54, 1.807) is 66.7 Å². The highest BCUT2D eigenvalue weighted by atomic mass is 35.5. The van der Waals surface area contributed by atoms with Crippen LogP contribution in [0.2, 0.25) is 5.02 Å². The molecular formula is C30H23ClN2O5. The summed E-state index contributed by atoms with van der Waals surface area (Å²) in [4.78, 5) is 28.3. The highest BCUT2D eigenvalue weighted by Gasteiger charge is 2.45. The molecule has 0 fully saturated rings. The van der Waals surface area contributed by atoms with Gasteiger partial charge in [0.05, 0.1) is 11.1 Å². The van der Waals surface area contributed by atoms with Gasteiger partial charge in [-0.3, -0.25) is 14.5 Å². The number of ether oxygens (including phenoxy) is 2. The fourth-order valence-corrected chi connectivity index (χ4v) is 5.50. The molecule has 0 bridgehead atoms. The van der Waals surface area contributed by atoms with Crippen LogP contribution >= 0.6 is 11.6 Å². The number of benzene rings is 4. The van der Waals surface area contributed by atoms with Gasteiger partial charge in [0.25, 0.3) is 5.91 Å². The maximum atomic E-state index is 14.0. The molecule has 0 spiro atoms. The maximum absolute atomic E-state index is 14.0. The van der Waals surface area contributed by atoms with Crippen LogP contribution in [0, 0.1) is 0 Å². The average molecular weight is 527 g/mol. The molecule has 4 aromatic rings. The predicted octanol–water partition coefficient (Wildman–Crippen LogP) is 5.93. The number of nitrogen functional groups attached to an aromatic ring is 1. The van der Waals surface area contributed by atoms with Crippen molar-refractivity contribution in [2.75, 3.05) is 23.8 Å². The van der Waals surface area contributed by atoms with Gasteiger partial charge in [-0.25, -0.2) is 0 Å². The fraction of sp³-hybridized carbons (Fsp3) is 0.133. The van der Waals surface area contributed by atoms with Crippen LogP contribution in [0.5, 0.6) is 11.5 Å². The summed E-state index contributed by atoms with van der Waals surface area (Å²) < 4.78 is 11.4. The lowest BCUT2D eigenvalue weighted by Crippen LogP contribution is -2.45. The highest BCUT2D eigenvalue weighted by molar-refractivity contribution is 6.33. The lowest BCUT2D eigenvalue weighted by atomic mass is 9.79. The summed E-state index contributed by atoms with van der Waals surface area (Å²) >= 11 is 6.74. The van der Waals surface area contributed by atoms with E-state index in [1.807, 2.05) is 18.2 Å². The predicted molar refractivity (Wildman–Crippen MR) is 145 cm³/mol. The average Bonchev–Trinajstić information content (AvgIpc) is 2.93. The Balaban J connectivity index is 1.52. The van der Waals surface area contributed by atoms with Crippen molar-refractivity contribution in [2.24, 2.45) is 0 Å². The number of nitrogens with two attached hydrogens (primary N) is 1. The van der Waals surface area contributed by atoms with Gasteiger partial charge in [0.15, 0.2) is 11.5 Å². The Morgan fingerprint density at radius 2 is 1.63 bits per heavy atom. The standard InChI is InChI=1S/C30H23ClN2O5/c31-24-16-20(10-11-21(24)17-5-8-19(32)9-6-17)33-28(18-7-12-25-26(15-18)38-14-13-37-25)27(30(35)36)22-3-1-2-4-23(22)29(33)34/h1-12,15-16,27-28H,13-14,32H2,(H,35,36)/t27-,28+/m0/s1. The third kappa shape index (κ3) is 4.01. The number of carboxylic acid groups (broad SMARTS) is 1. The largest absolute Gasteiger partial charge is 0.486 e. The van der Waals surface area contributed by atoms with E-state index in [4.69, 9.17) is 26.8 Å². The van der Waals surface area contributed by atoms with Crippen LogP contribution in [0.4, 0.5) is 11.4 Å². The summed E-state index contributed by atoms with van der Waals surface area (Å²) in [6, 6.07) is 23.9. The van der Waals surface area contributed by atoms with E-state index in [0.29, 0.717) is 57.8 Å². The van der Waals surface area contributed by atoms with Crippen LogP contribution < -0.4 is 20.1 Å². The number of hydrogen-bond acceptors (Lipinski definition) is 5. The van der Waals surface area contributed by atoms with Crippen molar-refractivity contribution >= 4 is 34.9 Å². The molecule has 38 heavy (non-hydrogen) atoms. The van der Waals surface area contributed by atoms with Crippen LogP contribution in [-0.4, -0.2) is 30.2 Å². The van der Waals surface area contributed by atoms with Crippen molar-refractivity contribution in [3.05, 3.63) is 107 Å². The van der Waals surface area contributed by atoms with Crippen LogP contribution in [-0.2, 0) is 4.79 Å². The Kier molecular flexibility index (Phi) is 5.93. The number of carbonyl (C=O) groups is 2. The molecule has 0 saturated heterocycles. The molecule has 1 amide bonds. The van der Waals surface area contributed by atoms with E-state index in [0.717, 1.165) is 11.1 Å². The lowest BCUT2D eigenvalue weighted by Gasteiger charge is -2.41. The first-order valence-corrected chi connectivity index (χ1v) is 12.5. The van der Waals surface area contributed by atoms with Crippen molar-refractivity contribution in [1.29, 1.82) is 0 Å². The molecule has 0 radical (unpaired) electrons. The number of carboxylic acids is 1. The first-order valence-electron chi connectivity index (χ1n) is 12.1. The van der Waals surface area contributed by atoms with Gasteiger partial charge >= 0.3 is 5.97 Å². The molecule has 0 aromatic heterocycles. The molecule has 0 aliphatic carbocycles. The van der Waals surface area contributed by atoms with E-state index >= 15 is 0 Å². The molecule has 7 nitrogen and oxygen atoms in total. The van der Waals surface area contributed by atoms with Gasteiger partial charge in [-0.15, -0.1) is 0 Å². The second-order valence-electron chi connectivity index (χ2n) is 9.21. The Morgan fingerprint density at radius 3 is 2.37 bits per heavy atom. The van der Waals surface area contributed by atoms with Gasteiger partial charge in [0, 0.05) is 22.5 Å². The van der Waals surface area contributed by atoms with Crippen molar-refractivity contribution in [3.8, 4) is 22.6 Å². The van der Waals surface area contributed by atoms with Crippen LogP contribution in [0.15, 0.2) is 84.9 Å². The quantitative estimate of drug-likeness (QED) is 0.319. The van der Waals surface area contributed by atoms with Gasteiger partial charge in [-0.2, -0.15) is 0 Å². The Morgan fingerprint density at radius 1 is 0.895 bits per heavy atom. The van der Waals surface area contributed by atoms with Crippen molar-refractivity contribution < 1.29 is 24.2 Å². The molecule has 6 rings (SSSR count). The smallest absolute Gasteiger partial charge is 0.313 e. The lowest BCUT2D eigenvalue weighted by molar-refractivity contribution is -0.139. The number of rotatable bonds is 4. The Bertz CT molecular complexity index is 1570. The SMILES string of the molecule is Nc1ccc(-c2ccc(N3C(=O)c4ccccc4[C@H](C(=O)O)[C@H]3c3ccc4c(c3)OCCO4)cc2Cl)cc1. The summed E-state index contributed by atoms with van der Waals surface area (Å²) in [5.74, 6) is -1.28. The van der Waals surface area contributed by atoms with Crippen molar-refractivity contribution in [2.45, 2.75) is 12.0 Å². The number of nitrogens with zero attached hydrogens (tertiary/aromatic N) is 1. The minimum atomic E-state index is -1.04. The number of anilines is 2. The zero-order valence-electron chi connectivity index (χ0n) is 20.1. The number of fused-ring (bicyclic) bond motifs is 2. The highest BCUT2D eigenvalue weighted by Crippen LogP contribution is 2.47. The summed E-state index contributed by atoms with van der Waals surface area (Å²) in [6.45, 7) is 0.821. The zero-order chi connectivity index (χ0) is 26.4. The molecule has 2 aliphatic heterocycles. The molecule has 3 N–H and O–H groups in total. The topological polar surface area (TPSA) is 102 Å². The third-order valence-electron chi connectivity index (χ3n) is 6.97. The molecule has 4 aromatic carbocycles. The summed E-state index contributed by atoms with van der Waals surface area (Å²) in [7, 11) is 0. The number of halogens is 1. The van der Waals surface area contributed by atoms with E-state index in [9.17, 15) is 14.7 Å². The summed E-state index contributed by atoms with van der Waals surface area (Å²) in [6.07, 6.45) is 0. The monoisotopic (exact) mass is 526 g/mol. The number of amides is 1. The molecule has 2 atom stereocenters. The normalized spacial score (nSPS) is 18.1. The van der Waals surface area contributed by atoms with Gasteiger partial charge in [0.1, 0.15) is 19.1 Å². The Labute approximate surface area is 224 Å². The number of aliphatic carboxylic acids is 1. The summed E-state index contributed by atoms with van der Waals surface area (Å²) in [5, 5.41) is 10.9. The molecule has 0 unspecified atom stereocenters. The maximum Gasteiger partial charge on any atom is 0.313 e. The van der Waals surface area contributed by atoms with Crippen molar-refractivity contribution in [1.82, 2.24) is 0 Å². The van der Waals surface area contributed by atoms with Gasteiger partial charge in [0.2, 0.25) is 0 Å². The minimum Gasteiger partial charge on any atom is -0.486 e. The van der Waals surface area contributed by atoms with Gasteiger partial charge in [-0.05, 0) is 59.2 Å². The molecule has 190 valence electrons. The first kappa shape index (κ1) is 23.9. The molecule has 2 heterocycles. The number of carbonyl (C=O) groups excluding carboxylic acids is 1. The Hall–Kier alpha value is -4.49. The van der Waals surface area contributed by atoms with Crippen LogP contribution in [0.1, 0.15) is 33.4 Å². The minimum absolute atomic E-state index is 0.311. The zero-order valence-corrected chi connectivity index (χ0v) is 20.9. The van der Waals surface area contributed by atoms with E-state index in [1.165, 1.54) is 4.90 Å². The van der Waals surface area contributed by atoms with E-state index in [2.05, 4.69) is 0 Å². The first-order chi connectivity index (χ1) is 18.4. The second kappa shape index (κ2) is 9.43. The molecule has 0 saturated carbocycles.